The van der Waals surface area contributed by atoms with E-state index in [1.54, 1.807) is 0 Å². The number of nitrogens with two attached hydrogens (primary N) is 1. The summed E-state index contributed by atoms with van der Waals surface area (Å²) >= 11 is 0. The van der Waals surface area contributed by atoms with Crippen molar-refractivity contribution in [3.8, 4) is 0 Å². The highest BCUT2D eigenvalue weighted by Gasteiger charge is 2.19. The number of hydrogen-bond acceptors (Lipinski definition) is 1. The minimum Gasteiger partial charge on any atom is -0.398 e. The molecule has 0 amide bonds. The second-order valence-corrected chi connectivity index (χ2v) is 7.40. The van der Waals surface area contributed by atoms with Gasteiger partial charge in [0.15, 0.2) is 0 Å². The van der Waals surface area contributed by atoms with Crippen LogP contribution in [0.5, 0.6) is 0 Å². The molecule has 0 aromatic heterocycles. The van der Waals surface area contributed by atoms with E-state index in [4.69, 9.17) is 5.73 Å². The Balaban J connectivity index is 2.19. The molecule has 0 aliphatic rings. The van der Waals surface area contributed by atoms with Crippen molar-refractivity contribution in [1.29, 1.82) is 0 Å². The van der Waals surface area contributed by atoms with E-state index >= 15 is 0 Å². The van der Waals surface area contributed by atoms with Gasteiger partial charge in [0.2, 0.25) is 0 Å². The number of anilines is 1. The van der Waals surface area contributed by atoms with Gasteiger partial charge >= 0.3 is 0 Å². The average Bonchev–Trinajstić information content (AvgIpc) is 2.59. The van der Waals surface area contributed by atoms with Crippen molar-refractivity contribution in [2.75, 3.05) is 5.73 Å². The molecule has 0 spiro atoms. The van der Waals surface area contributed by atoms with Crippen molar-refractivity contribution >= 4 is 29.5 Å². The molecule has 0 aliphatic heterocycles. The highest BCUT2D eigenvalue weighted by Crippen LogP contribution is 2.35. The predicted molar refractivity (Wildman–Crippen MR) is 98.9 cm³/mol. The summed E-state index contributed by atoms with van der Waals surface area (Å²) in [7, 11) is -0.614. The van der Waals surface area contributed by atoms with Crippen molar-refractivity contribution in [2.45, 2.75) is 13.3 Å². The zero-order valence-corrected chi connectivity index (χ0v) is 13.6. The van der Waals surface area contributed by atoms with Crippen LogP contribution in [-0.4, -0.2) is 0 Å². The van der Waals surface area contributed by atoms with E-state index in [9.17, 15) is 0 Å². The van der Waals surface area contributed by atoms with Crippen LogP contribution in [-0.2, 0) is 6.42 Å². The number of benzene rings is 3. The molecular formula is C20H20NP. The molecule has 0 saturated carbocycles. The molecule has 0 radical (unpaired) electrons. The van der Waals surface area contributed by atoms with Gasteiger partial charge in [0.05, 0.1) is 0 Å². The average molecular weight is 305 g/mol. The van der Waals surface area contributed by atoms with Crippen LogP contribution in [0.25, 0.3) is 0 Å². The van der Waals surface area contributed by atoms with E-state index in [-0.39, 0.29) is 0 Å². The summed E-state index contributed by atoms with van der Waals surface area (Å²) in [6.07, 6.45) is 0.965. The topological polar surface area (TPSA) is 26.0 Å². The number of hydrogen-bond donors (Lipinski definition) is 1. The van der Waals surface area contributed by atoms with Crippen LogP contribution in [0.15, 0.2) is 78.9 Å². The lowest BCUT2D eigenvalue weighted by Gasteiger charge is -2.22. The molecule has 3 aromatic rings. The second-order valence-electron chi connectivity index (χ2n) is 5.21. The van der Waals surface area contributed by atoms with Crippen molar-refractivity contribution < 1.29 is 0 Å². The molecule has 110 valence electrons. The Morgan fingerprint density at radius 2 is 1.27 bits per heavy atom. The predicted octanol–water partition coefficient (Wildman–Crippen LogP) is 3.59. The monoisotopic (exact) mass is 305 g/mol. The minimum atomic E-state index is -0.614. The Hall–Kier alpha value is -2.11. The third-order valence-corrected chi connectivity index (χ3v) is 6.32. The summed E-state index contributed by atoms with van der Waals surface area (Å²) < 4.78 is 0. The summed E-state index contributed by atoms with van der Waals surface area (Å²) in [5.74, 6) is 0. The largest absolute Gasteiger partial charge is 0.398 e. The molecule has 3 rings (SSSR count). The Labute approximate surface area is 133 Å². The fourth-order valence-corrected chi connectivity index (χ4v) is 5.10. The van der Waals surface area contributed by atoms with Crippen LogP contribution in [0.4, 0.5) is 5.69 Å². The number of rotatable bonds is 4. The number of aryl methyl sites for hydroxylation is 1. The van der Waals surface area contributed by atoms with Gasteiger partial charge in [0, 0.05) is 11.0 Å². The Kier molecular flexibility index (Phi) is 4.56. The lowest BCUT2D eigenvalue weighted by molar-refractivity contribution is 1.15. The maximum absolute atomic E-state index is 6.49. The first-order valence-electron chi connectivity index (χ1n) is 7.59. The Morgan fingerprint density at radius 1 is 0.727 bits per heavy atom. The van der Waals surface area contributed by atoms with E-state index in [0.29, 0.717) is 0 Å². The molecule has 0 heterocycles. The van der Waals surface area contributed by atoms with Crippen molar-refractivity contribution in [1.82, 2.24) is 0 Å². The number of para-hydroxylation sites is 1. The summed E-state index contributed by atoms with van der Waals surface area (Å²) in [6.45, 7) is 2.16. The quantitative estimate of drug-likeness (QED) is 0.578. The Morgan fingerprint density at radius 3 is 1.77 bits per heavy atom. The van der Waals surface area contributed by atoms with Crippen LogP contribution in [0.2, 0.25) is 0 Å². The van der Waals surface area contributed by atoms with Crippen molar-refractivity contribution in [3.05, 3.63) is 84.4 Å². The van der Waals surface area contributed by atoms with Gasteiger partial charge in [-0.3, -0.25) is 0 Å². The van der Waals surface area contributed by atoms with Gasteiger partial charge in [0.25, 0.3) is 0 Å². The molecule has 2 N–H and O–H groups in total. The van der Waals surface area contributed by atoms with E-state index in [0.717, 1.165) is 12.1 Å². The summed E-state index contributed by atoms with van der Waals surface area (Å²) in [5.41, 5.74) is 8.67. The normalized spacial score (nSPS) is 10.8. The molecule has 0 saturated heterocycles. The zero-order chi connectivity index (χ0) is 15.4. The second kappa shape index (κ2) is 6.77. The molecule has 0 fully saturated rings. The highest BCUT2D eigenvalue weighted by atomic mass is 31.1. The lowest BCUT2D eigenvalue weighted by atomic mass is 10.1. The first kappa shape index (κ1) is 14.8. The van der Waals surface area contributed by atoms with E-state index in [2.05, 4.69) is 85.8 Å². The zero-order valence-electron chi connectivity index (χ0n) is 12.7. The number of nitrogen functional groups attached to an aromatic ring is 1. The van der Waals surface area contributed by atoms with Gasteiger partial charge in [-0.1, -0.05) is 85.8 Å². The van der Waals surface area contributed by atoms with E-state index in [1.165, 1.54) is 21.5 Å². The van der Waals surface area contributed by atoms with Gasteiger partial charge in [0.1, 0.15) is 0 Å². The molecule has 0 unspecified atom stereocenters. The van der Waals surface area contributed by atoms with Gasteiger partial charge in [-0.2, -0.15) is 0 Å². The summed E-state index contributed by atoms with van der Waals surface area (Å²) in [5, 5.41) is 3.93. The first-order chi connectivity index (χ1) is 10.8. The van der Waals surface area contributed by atoms with Gasteiger partial charge in [-0.25, -0.2) is 0 Å². The minimum absolute atomic E-state index is 0.614. The fourth-order valence-electron chi connectivity index (χ4n) is 2.68. The van der Waals surface area contributed by atoms with Crippen molar-refractivity contribution in [3.63, 3.8) is 0 Å². The standard InChI is InChI=1S/C20H20NP/c1-2-16-10-9-15-19(20(16)21)22(17-11-5-3-6-12-17)18-13-7-4-8-14-18/h3-15H,2,21H2,1H3. The van der Waals surface area contributed by atoms with Crippen LogP contribution in [0.1, 0.15) is 12.5 Å². The van der Waals surface area contributed by atoms with Gasteiger partial charge in [-0.05, 0) is 30.5 Å². The van der Waals surface area contributed by atoms with E-state index < -0.39 is 7.92 Å². The summed E-state index contributed by atoms with van der Waals surface area (Å²) in [6, 6.07) is 27.8. The van der Waals surface area contributed by atoms with Crippen molar-refractivity contribution in [2.24, 2.45) is 0 Å². The van der Waals surface area contributed by atoms with Gasteiger partial charge < -0.3 is 5.73 Å². The summed E-state index contributed by atoms with van der Waals surface area (Å²) in [4.78, 5) is 0. The SMILES string of the molecule is CCc1cccc(P(c2ccccc2)c2ccccc2)c1N. The fraction of sp³-hybridized carbons (Fsp3) is 0.100. The molecule has 1 nitrogen and oxygen atoms in total. The maximum atomic E-state index is 6.49. The van der Waals surface area contributed by atoms with Gasteiger partial charge in [-0.15, -0.1) is 0 Å². The first-order valence-corrected chi connectivity index (χ1v) is 8.93. The molecule has 22 heavy (non-hydrogen) atoms. The third-order valence-electron chi connectivity index (χ3n) is 3.82. The maximum Gasteiger partial charge on any atom is 0.0431 e. The van der Waals surface area contributed by atoms with E-state index in [1.807, 2.05) is 0 Å². The lowest BCUT2D eigenvalue weighted by Crippen LogP contribution is -2.23. The highest BCUT2D eigenvalue weighted by molar-refractivity contribution is 7.80. The molecule has 0 atom stereocenters. The van der Waals surface area contributed by atoms with Crippen LogP contribution in [0, 0.1) is 0 Å². The van der Waals surface area contributed by atoms with Crippen LogP contribution in [0.3, 0.4) is 0 Å². The Bertz CT molecular complexity index is 699. The molecule has 2 heteroatoms. The molecule has 0 bridgehead atoms. The smallest absolute Gasteiger partial charge is 0.0431 e. The third kappa shape index (κ3) is 2.91. The molecular weight excluding hydrogens is 285 g/mol. The van der Waals surface area contributed by atoms with Crippen LogP contribution >= 0.6 is 7.92 Å². The van der Waals surface area contributed by atoms with Crippen LogP contribution < -0.4 is 21.6 Å². The molecule has 3 aromatic carbocycles. The molecule has 0 aliphatic carbocycles.